The van der Waals surface area contributed by atoms with Crippen molar-refractivity contribution in [3.05, 3.63) is 120 Å². The highest BCUT2D eigenvalue weighted by Gasteiger charge is 2.53. The van der Waals surface area contributed by atoms with Gasteiger partial charge in [0.15, 0.2) is 5.66 Å². The molecule has 13 nitrogen and oxygen atoms in total. The quantitative estimate of drug-likeness (QED) is 0.305. The topological polar surface area (TPSA) is 178 Å². The van der Waals surface area contributed by atoms with Crippen molar-refractivity contribution in [2.24, 2.45) is 0 Å². The van der Waals surface area contributed by atoms with Gasteiger partial charge in [0.2, 0.25) is 0 Å². The summed E-state index contributed by atoms with van der Waals surface area (Å²) >= 11 is 9.48. The fraction of sp³-hybridized carbons (Fsp3) is 0.133. The molecule has 3 aliphatic rings. The normalized spacial score (nSPS) is 18.0. The summed E-state index contributed by atoms with van der Waals surface area (Å²) in [6, 6.07) is 13.9. The maximum atomic E-state index is 13.4. The lowest BCUT2D eigenvalue weighted by atomic mass is 10.1. The van der Waals surface area contributed by atoms with Crippen molar-refractivity contribution in [3.8, 4) is 0 Å². The van der Waals surface area contributed by atoms with Gasteiger partial charge >= 0.3 is 0 Å². The lowest BCUT2D eigenvalue weighted by Crippen LogP contribution is -2.62. The van der Waals surface area contributed by atoms with Crippen LogP contribution in [-0.4, -0.2) is 67.0 Å². The number of aromatic nitrogens is 3. The fourth-order valence-corrected chi connectivity index (χ4v) is 6.34. The second-order valence-corrected chi connectivity index (χ2v) is 11.7. The van der Waals surface area contributed by atoms with Gasteiger partial charge in [0, 0.05) is 6.20 Å². The zero-order valence-electron chi connectivity index (χ0n) is 23.3. The number of hydrogen-bond acceptors (Lipinski definition) is 9. The molecule has 7 rings (SSSR count). The summed E-state index contributed by atoms with van der Waals surface area (Å²) in [5.41, 5.74) is 3.82. The number of carbonyl (C=O) groups excluding carboxylic acids is 5. The van der Waals surface area contributed by atoms with Crippen LogP contribution < -0.4 is 16.6 Å². The molecule has 0 fully saturated rings. The largest absolute Gasteiger partial charge is 0.384 e. The van der Waals surface area contributed by atoms with Crippen molar-refractivity contribution in [2.75, 3.05) is 18.8 Å². The van der Waals surface area contributed by atoms with Gasteiger partial charge in [-0.2, -0.15) is 0 Å². The van der Waals surface area contributed by atoms with Crippen LogP contribution in [0.4, 0.5) is 5.82 Å². The molecule has 0 radical (unpaired) electrons. The van der Waals surface area contributed by atoms with Gasteiger partial charge in [-0.25, -0.2) is 9.97 Å². The smallest absolute Gasteiger partial charge is 0.271 e. The maximum Gasteiger partial charge on any atom is 0.271 e. The van der Waals surface area contributed by atoms with Crippen LogP contribution >= 0.6 is 27.5 Å². The Morgan fingerprint density at radius 1 is 0.844 bits per heavy atom. The predicted octanol–water partition coefficient (Wildman–Crippen LogP) is 2.62. The first-order valence-corrected chi connectivity index (χ1v) is 14.5. The average molecular weight is 691 g/mol. The van der Waals surface area contributed by atoms with Gasteiger partial charge in [-0.05, 0) is 59.3 Å². The van der Waals surface area contributed by atoms with E-state index in [1.54, 1.807) is 43.5 Å². The molecule has 2 aromatic heterocycles. The monoisotopic (exact) mass is 689 g/mol. The highest BCUT2D eigenvalue weighted by atomic mass is 79.9. The molecule has 0 saturated heterocycles. The number of nitrogens with zero attached hydrogens (tertiary/aromatic N) is 5. The second kappa shape index (κ2) is 11.1. The van der Waals surface area contributed by atoms with E-state index >= 15 is 0 Å². The summed E-state index contributed by atoms with van der Waals surface area (Å²) < 4.78 is 1.02. The fourth-order valence-electron chi connectivity index (χ4n) is 5.53. The van der Waals surface area contributed by atoms with Gasteiger partial charge in [0.25, 0.3) is 35.1 Å². The Bertz CT molecular complexity index is 2000. The van der Waals surface area contributed by atoms with Gasteiger partial charge < -0.3 is 11.1 Å². The van der Waals surface area contributed by atoms with E-state index in [4.69, 9.17) is 17.3 Å². The number of nitrogens with two attached hydrogens (primary N) is 1. The predicted molar refractivity (Wildman–Crippen MR) is 164 cm³/mol. The van der Waals surface area contributed by atoms with Gasteiger partial charge in [-0.15, -0.1) is 0 Å². The molecular weight excluding hydrogens is 670 g/mol. The number of fused-ring (bicyclic) bond motifs is 3. The van der Waals surface area contributed by atoms with Crippen LogP contribution in [-0.2, 0) is 5.66 Å². The minimum atomic E-state index is -1.90. The summed E-state index contributed by atoms with van der Waals surface area (Å²) in [4.78, 5) is 88.9. The Balaban J connectivity index is 0.000000452. The van der Waals surface area contributed by atoms with Gasteiger partial charge in [0.1, 0.15) is 17.8 Å². The number of rotatable bonds is 4. The third kappa shape index (κ3) is 4.87. The highest BCUT2D eigenvalue weighted by molar-refractivity contribution is 9.10. The zero-order chi connectivity index (χ0) is 32.2. The van der Waals surface area contributed by atoms with Crippen LogP contribution in [0.1, 0.15) is 57.5 Å². The van der Waals surface area contributed by atoms with E-state index in [1.165, 1.54) is 30.6 Å². The minimum absolute atomic E-state index is 0.00692. The average Bonchev–Trinajstić information content (AvgIpc) is 3.53. The molecule has 1 unspecified atom stereocenters. The lowest BCUT2D eigenvalue weighted by Gasteiger charge is -2.36. The van der Waals surface area contributed by atoms with Crippen LogP contribution in [0.3, 0.4) is 0 Å². The number of imide groups is 2. The van der Waals surface area contributed by atoms with Gasteiger partial charge in [-0.1, -0.05) is 35.4 Å². The lowest BCUT2D eigenvalue weighted by molar-refractivity contribution is 0.0422. The molecule has 0 bridgehead atoms. The number of anilines is 1. The Labute approximate surface area is 267 Å². The van der Waals surface area contributed by atoms with E-state index in [1.807, 2.05) is 0 Å². The first kappa shape index (κ1) is 29.8. The molecule has 45 heavy (non-hydrogen) atoms. The van der Waals surface area contributed by atoms with E-state index in [-0.39, 0.29) is 37.4 Å². The minimum Gasteiger partial charge on any atom is -0.384 e. The summed E-state index contributed by atoms with van der Waals surface area (Å²) in [5, 5.41) is 2.60. The van der Waals surface area contributed by atoms with Crippen LogP contribution in [0.15, 0.2) is 76.4 Å². The van der Waals surface area contributed by atoms with Crippen molar-refractivity contribution in [1.29, 1.82) is 0 Å². The Morgan fingerprint density at radius 3 is 1.96 bits per heavy atom. The number of aryl methyl sites for hydroxylation is 1. The van der Waals surface area contributed by atoms with Gasteiger partial charge in [-0.3, -0.25) is 43.1 Å². The number of halogens is 2. The van der Waals surface area contributed by atoms with Crippen LogP contribution in [0, 0.1) is 6.92 Å². The number of benzene rings is 2. The van der Waals surface area contributed by atoms with E-state index < -0.39 is 53.8 Å². The van der Waals surface area contributed by atoms with E-state index in [9.17, 15) is 28.8 Å². The van der Waals surface area contributed by atoms with Crippen molar-refractivity contribution in [3.63, 3.8) is 0 Å². The van der Waals surface area contributed by atoms with Crippen molar-refractivity contribution < 1.29 is 24.0 Å². The first-order valence-electron chi connectivity index (χ1n) is 13.3. The van der Waals surface area contributed by atoms with Gasteiger partial charge in [0.05, 0.1) is 44.8 Å². The summed E-state index contributed by atoms with van der Waals surface area (Å²) in [5.74, 6) is -2.80. The van der Waals surface area contributed by atoms with Crippen molar-refractivity contribution in [1.82, 2.24) is 29.7 Å². The number of carbonyl (C=O) groups is 5. The molecule has 0 spiro atoms. The van der Waals surface area contributed by atoms with Crippen LogP contribution in [0.5, 0.6) is 0 Å². The van der Waals surface area contributed by atoms with Crippen molar-refractivity contribution in [2.45, 2.75) is 12.6 Å². The van der Waals surface area contributed by atoms with Crippen molar-refractivity contribution >= 4 is 62.9 Å². The molecule has 15 heteroatoms. The van der Waals surface area contributed by atoms with E-state index in [2.05, 4.69) is 31.2 Å². The third-order valence-corrected chi connectivity index (χ3v) is 8.40. The Hall–Kier alpha value is -5.21. The molecule has 5 amide bonds. The number of hydrogen-bond donors (Lipinski definition) is 2. The highest BCUT2D eigenvalue weighted by Crippen LogP contribution is 2.35. The van der Waals surface area contributed by atoms with Crippen LogP contribution in [0.25, 0.3) is 0 Å². The Kier molecular flexibility index (Phi) is 7.33. The second-order valence-electron chi connectivity index (χ2n) is 10.4. The molecule has 1 atom stereocenters. The molecule has 2 aromatic carbocycles. The number of amides is 5. The number of nitrogen functional groups attached to an aromatic ring is 1. The third-order valence-electron chi connectivity index (χ3n) is 7.55. The molecular formula is C30H21BrClN7O6. The number of pyridine rings is 1. The zero-order valence-corrected chi connectivity index (χ0v) is 25.6. The molecule has 3 N–H and O–H groups in total. The molecule has 3 aliphatic heterocycles. The first-order chi connectivity index (χ1) is 21.4. The number of nitrogens with one attached hydrogen (secondary N) is 1. The van der Waals surface area contributed by atoms with E-state index in [0.717, 1.165) is 19.9 Å². The molecule has 0 saturated carbocycles. The molecule has 0 aliphatic carbocycles. The molecule has 4 aromatic rings. The van der Waals surface area contributed by atoms with Crippen LogP contribution in [0.2, 0.25) is 5.02 Å². The SMILES string of the molecule is Cc1ccc2c(c1)C(=O)N(CC1(CN3C(=O)c4ccccc4C3=O)NC(=O)c3c(Cl)cc(Br)c(=O)n31)C2=O.Nc1ccncn1. The molecule has 226 valence electrons. The summed E-state index contributed by atoms with van der Waals surface area (Å²) in [7, 11) is 0. The standard InChI is InChI=1S/C26H16BrClN4O6.C4H5N3/c1-12-6-7-15-16(8-12)24(37)31(23(15)36)11-26(10-30-21(34)13-4-2-3-5-14(13)22(30)35)29-20(33)19-18(28)9-17(27)25(38)32(19)26;5-4-1-2-6-3-7-4/h2-9H,10-11H2,1H3,(H,29,33);1-3H,(H2,5,6,7). The Morgan fingerprint density at radius 2 is 1.42 bits per heavy atom. The maximum absolute atomic E-state index is 13.4. The summed E-state index contributed by atoms with van der Waals surface area (Å²) in [6.45, 7) is 0.686. The van der Waals surface area contributed by atoms with E-state index in [0.29, 0.717) is 5.82 Å². The molecule has 5 heterocycles. The summed E-state index contributed by atoms with van der Waals surface area (Å²) in [6.07, 6.45) is 3.01.